The van der Waals surface area contributed by atoms with Crippen LogP contribution in [0.15, 0.2) is 17.8 Å². The topological polar surface area (TPSA) is 63.1 Å². The molecule has 1 fully saturated rings. The fourth-order valence-electron chi connectivity index (χ4n) is 2.91. The first-order chi connectivity index (χ1) is 11.1. The number of hydrogen-bond donors (Lipinski definition) is 1. The standard InChI is InChI=1S/C16H23N5OS/c1-12(21-8-5-17-13(21)2)9-15(22)18-10-14-11-23-16(19-14)20-6-3-4-7-20/h5,8,11-12H,3-4,6-7,9-10H2,1-2H3,(H,18,22)/t12-/m1/s1. The number of nitrogens with one attached hydrogen (secondary N) is 1. The summed E-state index contributed by atoms with van der Waals surface area (Å²) in [5, 5.41) is 6.09. The fourth-order valence-corrected chi connectivity index (χ4v) is 3.79. The molecule has 23 heavy (non-hydrogen) atoms. The number of aromatic nitrogens is 3. The Bertz CT molecular complexity index is 659. The number of imidazole rings is 1. The maximum Gasteiger partial charge on any atom is 0.222 e. The average Bonchev–Trinajstić information content (AvgIpc) is 3.26. The van der Waals surface area contributed by atoms with Crippen molar-refractivity contribution >= 4 is 22.4 Å². The largest absolute Gasteiger partial charge is 0.350 e. The molecule has 1 N–H and O–H groups in total. The van der Waals surface area contributed by atoms with Crippen molar-refractivity contribution in [1.29, 1.82) is 0 Å². The van der Waals surface area contributed by atoms with E-state index in [-0.39, 0.29) is 11.9 Å². The molecule has 0 bridgehead atoms. The van der Waals surface area contributed by atoms with Gasteiger partial charge >= 0.3 is 0 Å². The summed E-state index contributed by atoms with van der Waals surface area (Å²) in [6, 6.07) is 0.105. The molecule has 2 aromatic rings. The Hall–Kier alpha value is -1.89. The Morgan fingerprint density at radius 1 is 1.43 bits per heavy atom. The molecule has 1 aliphatic heterocycles. The van der Waals surface area contributed by atoms with Crippen molar-refractivity contribution in [2.75, 3.05) is 18.0 Å². The maximum absolute atomic E-state index is 12.1. The Morgan fingerprint density at radius 2 is 2.22 bits per heavy atom. The van der Waals surface area contributed by atoms with Crippen LogP contribution in [0.1, 0.15) is 43.7 Å². The normalized spacial score (nSPS) is 15.8. The van der Waals surface area contributed by atoms with Gasteiger partial charge in [0.05, 0.1) is 12.2 Å². The van der Waals surface area contributed by atoms with Gasteiger partial charge in [0.1, 0.15) is 5.82 Å². The number of amides is 1. The molecule has 0 saturated carbocycles. The lowest BCUT2D eigenvalue weighted by molar-refractivity contribution is -0.121. The molecule has 0 radical (unpaired) electrons. The first-order valence-electron chi connectivity index (χ1n) is 8.09. The number of rotatable bonds is 6. The second-order valence-corrected chi connectivity index (χ2v) is 6.86. The number of thiazole rings is 1. The van der Waals surface area contributed by atoms with Gasteiger partial charge in [0.25, 0.3) is 0 Å². The van der Waals surface area contributed by atoms with Gasteiger partial charge in [-0.25, -0.2) is 9.97 Å². The van der Waals surface area contributed by atoms with Crippen LogP contribution in [0, 0.1) is 6.92 Å². The lowest BCUT2D eigenvalue weighted by Crippen LogP contribution is -2.26. The van der Waals surface area contributed by atoms with E-state index in [1.807, 2.05) is 30.0 Å². The number of nitrogens with zero attached hydrogens (tertiary/aromatic N) is 4. The molecule has 0 aromatic carbocycles. The van der Waals surface area contributed by atoms with E-state index in [9.17, 15) is 4.79 Å². The van der Waals surface area contributed by atoms with Gasteiger partial charge in [0.15, 0.2) is 5.13 Å². The second kappa shape index (κ2) is 7.12. The molecule has 1 atom stereocenters. The highest BCUT2D eigenvalue weighted by atomic mass is 32.1. The van der Waals surface area contributed by atoms with Gasteiger partial charge in [-0.05, 0) is 26.7 Å². The van der Waals surface area contributed by atoms with Crippen molar-refractivity contribution in [2.24, 2.45) is 0 Å². The van der Waals surface area contributed by atoms with Crippen LogP contribution in [0.25, 0.3) is 0 Å². The van der Waals surface area contributed by atoms with Crippen LogP contribution in [0.3, 0.4) is 0 Å². The fraction of sp³-hybridized carbons (Fsp3) is 0.562. The summed E-state index contributed by atoms with van der Waals surface area (Å²) in [6.07, 6.45) is 6.61. The zero-order valence-electron chi connectivity index (χ0n) is 13.7. The van der Waals surface area contributed by atoms with Crippen LogP contribution in [0.2, 0.25) is 0 Å². The van der Waals surface area contributed by atoms with Crippen molar-refractivity contribution in [3.8, 4) is 0 Å². The Kier molecular flexibility index (Phi) is 4.95. The van der Waals surface area contributed by atoms with Gasteiger partial charge in [-0.15, -0.1) is 11.3 Å². The minimum atomic E-state index is 0.0429. The smallest absolute Gasteiger partial charge is 0.222 e. The number of carbonyl (C=O) groups is 1. The molecule has 7 heteroatoms. The third-order valence-corrected chi connectivity index (χ3v) is 5.15. The number of anilines is 1. The van der Waals surface area contributed by atoms with Crippen molar-refractivity contribution in [3.63, 3.8) is 0 Å². The minimum absolute atomic E-state index is 0.0429. The van der Waals surface area contributed by atoms with Gasteiger partial charge in [0, 0.05) is 43.3 Å². The molecule has 3 rings (SSSR count). The van der Waals surface area contributed by atoms with E-state index in [1.165, 1.54) is 12.8 Å². The van der Waals surface area contributed by atoms with Crippen molar-refractivity contribution in [1.82, 2.24) is 19.9 Å². The molecule has 0 aliphatic carbocycles. The van der Waals surface area contributed by atoms with E-state index in [2.05, 4.69) is 20.2 Å². The van der Waals surface area contributed by atoms with E-state index in [1.54, 1.807) is 17.5 Å². The van der Waals surface area contributed by atoms with E-state index >= 15 is 0 Å². The third kappa shape index (κ3) is 3.90. The van der Waals surface area contributed by atoms with Crippen LogP contribution in [0.4, 0.5) is 5.13 Å². The molecule has 1 saturated heterocycles. The zero-order chi connectivity index (χ0) is 16.2. The van der Waals surface area contributed by atoms with Crippen molar-refractivity contribution in [2.45, 2.75) is 45.7 Å². The van der Waals surface area contributed by atoms with Crippen LogP contribution in [-0.2, 0) is 11.3 Å². The highest BCUT2D eigenvalue weighted by Crippen LogP contribution is 2.24. The second-order valence-electron chi connectivity index (χ2n) is 6.03. The minimum Gasteiger partial charge on any atom is -0.350 e. The lowest BCUT2D eigenvalue weighted by Gasteiger charge is -2.14. The molecule has 1 amide bonds. The summed E-state index contributed by atoms with van der Waals surface area (Å²) in [7, 11) is 0. The first-order valence-corrected chi connectivity index (χ1v) is 8.97. The number of carbonyl (C=O) groups excluding carboxylic acids is 1. The van der Waals surface area contributed by atoms with Crippen LogP contribution in [0.5, 0.6) is 0 Å². The molecule has 0 spiro atoms. The molecule has 3 heterocycles. The van der Waals surface area contributed by atoms with Gasteiger partial charge in [-0.1, -0.05) is 0 Å². The third-order valence-electron chi connectivity index (χ3n) is 4.20. The van der Waals surface area contributed by atoms with E-state index in [0.29, 0.717) is 13.0 Å². The lowest BCUT2D eigenvalue weighted by atomic mass is 10.2. The van der Waals surface area contributed by atoms with Crippen LogP contribution < -0.4 is 10.2 Å². The summed E-state index contributed by atoms with van der Waals surface area (Å²) in [6.45, 7) is 6.67. The van der Waals surface area contributed by atoms with Gasteiger partial charge in [-0.3, -0.25) is 4.79 Å². The summed E-state index contributed by atoms with van der Waals surface area (Å²) in [4.78, 5) is 23.3. The number of hydrogen-bond acceptors (Lipinski definition) is 5. The Morgan fingerprint density at radius 3 is 2.91 bits per heavy atom. The summed E-state index contributed by atoms with van der Waals surface area (Å²) in [5.41, 5.74) is 0.941. The van der Waals surface area contributed by atoms with Gasteiger partial charge < -0.3 is 14.8 Å². The summed E-state index contributed by atoms with van der Waals surface area (Å²) < 4.78 is 2.02. The van der Waals surface area contributed by atoms with Crippen molar-refractivity contribution < 1.29 is 4.79 Å². The monoisotopic (exact) mass is 333 g/mol. The molecule has 2 aromatic heterocycles. The Balaban J connectivity index is 1.48. The van der Waals surface area contributed by atoms with Gasteiger partial charge in [-0.2, -0.15) is 0 Å². The average molecular weight is 333 g/mol. The molecular formula is C16H23N5OS. The highest BCUT2D eigenvalue weighted by molar-refractivity contribution is 7.13. The van der Waals surface area contributed by atoms with Gasteiger partial charge in [0.2, 0.25) is 5.91 Å². The predicted molar refractivity (Wildman–Crippen MR) is 91.7 cm³/mol. The molecular weight excluding hydrogens is 310 g/mol. The molecule has 1 aliphatic rings. The highest BCUT2D eigenvalue weighted by Gasteiger charge is 2.16. The van der Waals surface area contributed by atoms with Crippen molar-refractivity contribution in [3.05, 3.63) is 29.3 Å². The first kappa shape index (κ1) is 16.0. The molecule has 6 nitrogen and oxygen atoms in total. The van der Waals surface area contributed by atoms with E-state index in [0.717, 1.165) is 29.7 Å². The van der Waals surface area contributed by atoms with E-state index < -0.39 is 0 Å². The maximum atomic E-state index is 12.1. The summed E-state index contributed by atoms with van der Waals surface area (Å²) >= 11 is 1.66. The zero-order valence-corrected chi connectivity index (χ0v) is 14.5. The quantitative estimate of drug-likeness (QED) is 0.882. The SMILES string of the molecule is Cc1nccn1[C@H](C)CC(=O)NCc1csc(N2CCCC2)n1. The van der Waals surface area contributed by atoms with Crippen LogP contribution in [-0.4, -0.2) is 33.5 Å². The predicted octanol–water partition coefficient (Wildman–Crippen LogP) is 2.52. The Labute approximate surface area is 140 Å². The molecule has 0 unspecified atom stereocenters. The van der Waals surface area contributed by atoms with Crippen LogP contribution >= 0.6 is 11.3 Å². The molecule has 124 valence electrons. The van der Waals surface area contributed by atoms with E-state index in [4.69, 9.17) is 0 Å². The summed E-state index contributed by atoms with van der Waals surface area (Å²) in [5.74, 6) is 0.973. The number of aryl methyl sites for hydroxylation is 1.